The van der Waals surface area contributed by atoms with Gasteiger partial charge in [0.05, 0.1) is 6.42 Å². The fourth-order valence-electron chi connectivity index (χ4n) is 1.94. The molecule has 1 aromatic heterocycles. The zero-order chi connectivity index (χ0) is 14.7. The Kier molecular flexibility index (Phi) is 3.66. The molecule has 2 aromatic carbocycles. The average Bonchev–Trinajstić information content (AvgIpc) is 2.92. The Morgan fingerprint density at radius 2 is 1.86 bits per heavy atom. The molecule has 1 atom stereocenters. The van der Waals surface area contributed by atoms with Gasteiger partial charge >= 0.3 is 5.97 Å². The first-order chi connectivity index (χ1) is 10.2. The van der Waals surface area contributed by atoms with Gasteiger partial charge in [-0.2, -0.15) is 0 Å². The molecule has 0 fully saturated rings. The number of aromatic nitrogens is 1. The number of para-hydroxylation sites is 3. The van der Waals surface area contributed by atoms with Crippen molar-refractivity contribution in [1.29, 1.82) is 0 Å². The predicted molar refractivity (Wildman–Crippen MR) is 75.7 cm³/mol. The number of benzene rings is 2. The van der Waals surface area contributed by atoms with E-state index in [9.17, 15) is 9.90 Å². The highest BCUT2D eigenvalue weighted by Gasteiger charge is 2.20. The van der Waals surface area contributed by atoms with Gasteiger partial charge < -0.3 is 14.3 Å². The van der Waals surface area contributed by atoms with Gasteiger partial charge in [0.2, 0.25) is 5.89 Å². The molecule has 1 unspecified atom stereocenters. The van der Waals surface area contributed by atoms with Crippen LogP contribution in [0.15, 0.2) is 59.0 Å². The molecule has 0 spiro atoms. The van der Waals surface area contributed by atoms with Crippen molar-refractivity contribution in [2.45, 2.75) is 12.5 Å². The van der Waals surface area contributed by atoms with E-state index in [1.165, 1.54) is 0 Å². The molecule has 0 aliphatic rings. The number of carbonyl (C=O) groups is 1. The molecular weight excluding hydrogens is 270 g/mol. The van der Waals surface area contributed by atoms with Crippen LogP contribution in [0.2, 0.25) is 0 Å². The number of hydrogen-bond acceptors (Lipinski definition) is 5. The molecule has 0 amide bonds. The highest BCUT2D eigenvalue weighted by Crippen LogP contribution is 2.22. The number of ether oxygens (including phenoxy) is 1. The minimum Gasteiger partial charge on any atom is -0.438 e. The molecule has 0 bridgehead atoms. The molecule has 0 aliphatic heterocycles. The molecule has 0 radical (unpaired) electrons. The SMILES string of the molecule is O=C(CC(O)c1nc2ccccc2o1)Oc1ccccc1. The summed E-state index contributed by atoms with van der Waals surface area (Å²) in [7, 11) is 0. The van der Waals surface area contributed by atoms with Gasteiger partial charge in [0.25, 0.3) is 0 Å². The Morgan fingerprint density at radius 3 is 2.62 bits per heavy atom. The van der Waals surface area contributed by atoms with Crippen molar-refractivity contribution in [1.82, 2.24) is 4.98 Å². The smallest absolute Gasteiger partial charge is 0.314 e. The van der Waals surface area contributed by atoms with Gasteiger partial charge in [-0.3, -0.25) is 4.79 Å². The van der Waals surface area contributed by atoms with Crippen LogP contribution in [0.3, 0.4) is 0 Å². The first kappa shape index (κ1) is 13.3. The number of aliphatic hydroxyl groups excluding tert-OH is 1. The normalized spacial score (nSPS) is 12.2. The lowest BCUT2D eigenvalue weighted by atomic mass is 10.2. The van der Waals surface area contributed by atoms with Gasteiger partial charge in [0.15, 0.2) is 5.58 Å². The van der Waals surface area contributed by atoms with Crippen LogP contribution in [0.4, 0.5) is 0 Å². The van der Waals surface area contributed by atoms with Crippen LogP contribution in [0.5, 0.6) is 5.75 Å². The Balaban J connectivity index is 1.68. The minimum atomic E-state index is -1.13. The van der Waals surface area contributed by atoms with E-state index in [2.05, 4.69) is 4.98 Å². The summed E-state index contributed by atoms with van der Waals surface area (Å²) in [6.45, 7) is 0. The van der Waals surface area contributed by atoms with E-state index in [1.54, 1.807) is 36.4 Å². The average molecular weight is 283 g/mol. The fourth-order valence-corrected chi connectivity index (χ4v) is 1.94. The van der Waals surface area contributed by atoms with Crippen LogP contribution in [-0.4, -0.2) is 16.1 Å². The number of hydrogen-bond donors (Lipinski definition) is 1. The molecule has 1 N–H and O–H groups in total. The molecule has 3 aromatic rings. The quantitative estimate of drug-likeness (QED) is 0.588. The maximum atomic E-state index is 11.8. The standard InChI is InChI=1S/C16H13NO4/c18-13(10-15(19)20-11-6-2-1-3-7-11)16-17-12-8-4-5-9-14(12)21-16/h1-9,13,18H,10H2. The van der Waals surface area contributed by atoms with E-state index in [1.807, 2.05) is 18.2 Å². The second-order valence-electron chi connectivity index (χ2n) is 4.53. The van der Waals surface area contributed by atoms with Crippen LogP contribution in [0, 0.1) is 0 Å². The first-order valence-electron chi connectivity index (χ1n) is 6.51. The summed E-state index contributed by atoms with van der Waals surface area (Å²) < 4.78 is 10.5. The first-order valence-corrected chi connectivity index (χ1v) is 6.51. The van der Waals surface area contributed by atoms with E-state index in [0.29, 0.717) is 16.8 Å². The molecule has 1 heterocycles. The Labute approximate surface area is 120 Å². The molecule has 21 heavy (non-hydrogen) atoms. The van der Waals surface area contributed by atoms with E-state index >= 15 is 0 Å². The summed E-state index contributed by atoms with van der Waals surface area (Å²) in [6.07, 6.45) is -1.35. The Morgan fingerprint density at radius 1 is 1.14 bits per heavy atom. The lowest BCUT2D eigenvalue weighted by Crippen LogP contribution is -2.13. The lowest BCUT2D eigenvalue weighted by Gasteiger charge is -2.06. The monoisotopic (exact) mass is 283 g/mol. The molecule has 5 heteroatoms. The third-order valence-corrected chi connectivity index (χ3v) is 2.93. The second kappa shape index (κ2) is 5.76. The van der Waals surface area contributed by atoms with Crippen LogP contribution >= 0.6 is 0 Å². The van der Waals surface area contributed by atoms with E-state index in [0.717, 1.165) is 0 Å². The molecule has 5 nitrogen and oxygen atoms in total. The molecular formula is C16H13NO4. The third-order valence-electron chi connectivity index (χ3n) is 2.93. The summed E-state index contributed by atoms with van der Waals surface area (Å²) in [6, 6.07) is 15.9. The summed E-state index contributed by atoms with van der Waals surface area (Å²) in [5, 5.41) is 10.0. The van der Waals surface area contributed by atoms with E-state index < -0.39 is 12.1 Å². The number of aliphatic hydroxyl groups is 1. The number of nitrogens with zero attached hydrogens (tertiary/aromatic N) is 1. The highest BCUT2D eigenvalue weighted by atomic mass is 16.5. The Hall–Kier alpha value is -2.66. The van der Waals surface area contributed by atoms with E-state index in [-0.39, 0.29) is 12.3 Å². The van der Waals surface area contributed by atoms with Crippen molar-refractivity contribution in [2.75, 3.05) is 0 Å². The summed E-state index contributed by atoms with van der Waals surface area (Å²) in [5.74, 6) is 0.00410. The maximum Gasteiger partial charge on any atom is 0.314 e. The number of fused-ring (bicyclic) bond motifs is 1. The number of esters is 1. The van der Waals surface area contributed by atoms with Crippen molar-refractivity contribution in [3.63, 3.8) is 0 Å². The van der Waals surface area contributed by atoms with Crippen LogP contribution in [0.1, 0.15) is 18.4 Å². The molecule has 0 saturated carbocycles. The van der Waals surface area contributed by atoms with Gasteiger partial charge in [-0.25, -0.2) is 4.98 Å². The van der Waals surface area contributed by atoms with Crippen molar-refractivity contribution in [3.05, 3.63) is 60.5 Å². The second-order valence-corrected chi connectivity index (χ2v) is 4.53. The summed E-state index contributed by atoms with van der Waals surface area (Å²) >= 11 is 0. The van der Waals surface area contributed by atoms with E-state index in [4.69, 9.17) is 9.15 Å². The van der Waals surface area contributed by atoms with Gasteiger partial charge in [0, 0.05) is 0 Å². The number of oxazole rings is 1. The fraction of sp³-hybridized carbons (Fsp3) is 0.125. The van der Waals surface area contributed by atoms with Gasteiger partial charge in [0.1, 0.15) is 17.4 Å². The number of carbonyl (C=O) groups excluding carboxylic acids is 1. The zero-order valence-corrected chi connectivity index (χ0v) is 11.1. The van der Waals surface area contributed by atoms with Gasteiger partial charge in [-0.05, 0) is 24.3 Å². The molecule has 106 valence electrons. The maximum absolute atomic E-state index is 11.8. The van der Waals surface area contributed by atoms with Crippen LogP contribution in [0.25, 0.3) is 11.1 Å². The molecule has 0 aliphatic carbocycles. The molecule has 3 rings (SSSR count). The summed E-state index contributed by atoms with van der Waals surface area (Å²) in [5.41, 5.74) is 1.21. The lowest BCUT2D eigenvalue weighted by molar-refractivity contribution is -0.136. The topological polar surface area (TPSA) is 72.6 Å². The number of rotatable bonds is 4. The highest BCUT2D eigenvalue weighted by molar-refractivity contribution is 5.74. The van der Waals surface area contributed by atoms with Crippen molar-refractivity contribution in [3.8, 4) is 5.75 Å². The van der Waals surface area contributed by atoms with Gasteiger partial charge in [-0.15, -0.1) is 0 Å². The predicted octanol–water partition coefficient (Wildman–Crippen LogP) is 2.86. The van der Waals surface area contributed by atoms with Crippen molar-refractivity contribution < 1.29 is 19.1 Å². The van der Waals surface area contributed by atoms with Crippen molar-refractivity contribution >= 4 is 17.1 Å². The third kappa shape index (κ3) is 3.09. The zero-order valence-electron chi connectivity index (χ0n) is 11.1. The minimum absolute atomic E-state index is 0.112. The summed E-state index contributed by atoms with van der Waals surface area (Å²) in [4.78, 5) is 15.9. The largest absolute Gasteiger partial charge is 0.438 e. The van der Waals surface area contributed by atoms with Crippen molar-refractivity contribution in [2.24, 2.45) is 0 Å². The Bertz CT molecular complexity index is 718. The molecule has 0 saturated heterocycles. The van der Waals surface area contributed by atoms with Crippen LogP contribution < -0.4 is 4.74 Å². The van der Waals surface area contributed by atoms with Gasteiger partial charge in [-0.1, -0.05) is 30.3 Å². The van der Waals surface area contributed by atoms with Crippen LogP contribution in [-0.2, 0) is 4.79 Å².